The van der Waals surface area contributed by atoms with Crippen LogP contribution in [0.1, 0.15) is 54.6 Å². The van der Waals surface area contributed by atoms with Crippen molar-refractivity contribution in [2.45, 2.75) is 57.7 Å². The van der Waals surface area contributed by atoms with Gasteiger partial charge in [-0.3, -0.25) is 20.1 Å². The summed E-state index contributed by atoms with van der Waals surface area (Å²) in [6, 6.07) is 14.2. The Kier molecular flexibility index (Phi) is 10.1. The van der Waals surface area contributed by atoms with E-state index >= 15 is 0 Å². The monoisotopic (exact) mass is 625 g/mol. The first-order valence-electron chi connectivity index (χ1n) is 16.5. The number of nitrogen functional groups attached to an aromatic ring is 1. The Morgan fingerprint density at radius 2 is 1.74 bits per heavy atom. The SMILES string of the molecule is CN(C)CCCn1cnc2c(N(NC(=O)c3cccc(-c4ccc(CN5CCN(C)CC5)cc4)n3)C3CCCCC3)nc(N)nc21. The van der Waals surface area contributed by atoms with Gasteiger partial charge in [0, 0.05) is 44.8 Å². The van der Waals surface area contributed by atoms with Crippen molar-refractivity contribution in [2.75, 3.05) is 64.6 Å². The molecule has 3 N–H and O–H groups in total. The average Bonchev–Trinajstić information content (AvgIpc) is 3.47. The van der Waals surface area contributed by atoms with Crippen LogP contribution in [-0.4, -0.2) is 105 Å². The predicted molar refractivity (Wildman–Crippen MR) is 182 cm³/mol. The van der Waals surface area contributed by atoms with Crippen LogP contribution in [0.15, 0.2) is 48.8 Å². The number of fused-ring (bicyclic) bond motifs is 1. The van der Waals surface area contributed by atoms with Crippen molar-refractivity contribution in [3.05, 3.63) is 60.0 Å². The minimum atomic E-state index is -0.296. The fourth-order valence-corrected chi connectivity index (χ4v) is 6.42. The lowest BCUT2D eigenvalue weighted by Crippen LogP contribution is -2.50. The number of nitrogens with two attached hydrogens (primary N) is 1. The molecule has 244 valence electrons. The van der Waals surface area contributed by atoms with E-state index in [9.17, 15) is 4.79 Å². The van der Waals surface area contributed by atoms with E-state index in [1.54, 1.807) is 12.4 Å². The summed E-state index contributed by atoms with van der Waals surface area (Å²) in [6.45, 7) is 7.02. The Labute approximate surface area is 271 Å². The molecule has 1 aliphatic carbocycles. The van der Waals surface area contributed by atoms with Gasteiger partial charge in [-0.25, -0.2) is 9.97 Å². The number of hydrazine groups is 1. The molecule has 2 aliphatic rings. The number of imidazole rings is 1. The van der Waals surface area contributed by atoms with Gasteiger partial charge in [0.2, 0.25) is 5.95 Å². The summed E-state index contributed by atoms with van der Waals surface area (Å²) in [4.78, 5) is 39.5. The van der Waals surface area contributed by atoms with Crippen LogP contribution >= 0.6 is 0 Å². The molecule has 12 nitrogen and oxygen atoms in total. The zero-order chi connectivity index (χ0) is 32.0. The zero-order valence-corrected chi connectivity index (χ0v) is 27.4. The molecule has 3 aromatic heterocycles. The number of aromatic nitrogens is 5. The molecule has 12 heteroatoms. The molecule has 4 aromatic rings. The second-order valence-corrected chi connectivity index (χ2v) is 13.0. The van der Waals surface area contributed by atoms with E-state index in [0.717, 1.165) is 89.2 Å². The first-order valence-corrected chi connectivity index (χ1v) is 16.5. The van der Waals surface area contributed by atoms with Gasteiger partial charge in [0.05, 0.1) is 18.1 Å². The number of likely N-dealkylation sites (N-methyl/N-ethyl adjacent to an activating group) is 1. The van der Waals surface area contributed by atoms with Crippen molar-refractivity contribution in [3.63, 3.8) is 0 Å². The maximum Gasteiger partial charge on any atom is 0.288 e. The highest BCUT2D eigenvalue weighted by molar-refractivity contribution is 5.95. The van der Waals surface area contributed by atoms with Crippen molar-refractivity contribution >= 4 is 28.8 Å². The van der Waals surface area contributed by atoms with Gasteiger partial charge in [0.25, 0.3) is 5.91 Å². The molecular formula is C34H47N11O. The third-order valence-electron chi connectivity index (χ3n) is 9.09. The molecule has 46 heavy (non-hydrogen) atoms. The van der Waals surface area contributed by atoms with Gasteiger partial charge in [-0.15, -0.1) is 0 Å². The number of pyridine rings is 1. The third-order valence-corrected chi connectivity index (χ3v) is 9.09. The lowest BCUT2D eigenvalue weighted by atomic mass is 9.95. The minimum Gasteiger partial charge on any atom is -0.368 e. The van der Waals surface area contributed by atoms with E-state index in [0.29, 0.717) is 22.7 Å². The fourth-order valence-electron chi connectivity index (χ4n) is 6.42. The number of nitrogens with one attached hydrogen (secondary N) is 1. The number of hydrogen-bond donors (Lipinski definition) is 2. The second-order valence-electron chi connectivity index (χ2n) is 13.0. The van der Waals surface area contributed by atoms with Gasteiger partial charge in [-0.05, 0) is 64.6 Å². The number of hydrogen-bond acceptors (Lipinski definition) is 10. The Balaban J connectivity index is 1.22. The van der Waals surface area contributed by atoms with Crippen LogP contribution in [0.25, 0.3) is 22.4 Å². The van der Waals surface area contributed by atoms with Gasteiger partial charge in [0.1, 0.15) is 5.69 Å². The van der Waals surface area contributed by atoms with Gasteiger partial charge in [0.15, 0.2) is 17.0 Å². The standard InChI is InChI=1S/C34H47N11O/c1-41(2)17-8-18-44-24-36-30-31(44)38-34(35)39-32(30)45(27-9-5-4-6-10-27)40-33(46)29-12-7-11-28(37-29)26-15-13-25(14-16-26)23-43-21-19-42(3)20-22-43/h7,11-16,24,27H,4-6,8-10,17-23H2,1-3H3,(H,40,46)(H2,35,38,39). The van der Waals surface area contributed by atoms with Gasteiger partial charge in [-0.2, -0.15) is 9.97 Å². The highest BCUT2D eigenvalue weighted by Crippen LogP contribution is 2.30. The number of carbonyl (C=O) groups excluding carboxylic acids is 1. The molecule has 0 unspecified atom stereocenters. The molecule has 6 rings (SSSR count). The van der Waals surface area contributed by atoms with Crippen LogP contribution in [0.3, 0.4) is 0 Å². The maximum atomic E-state index is 13.9. The predicted octanol–water partition coefficient (Wildman–Crippen LogP) is 3.65. The molecule has 1 aliphatic heterocycles. The molecule has 1 saturated carbocycles. The van der Waals surface area contributed by atoms with Crippen LogP contribution in [0.5, 0.6) is 0 Å². The van der Waals surface area contributed by atoms with Crippen molar-refractivity contribution in [1.82, 2.24) is 44.6 Å². The summed E-state index contributed by atoms with van der Waals surface area (Å²) in [6.07, 6.45) is 7.95. The van der Waals surface area contributed by atoms with Crippen molar-refractivity contribution in [1.29, 1.82) is 0 Å². The van der Waals surface area contributed by atoms with E-state index in [-0.39, 0.29) is 17.9 Å². The van der Waals surface area contributed by atoms with E-state index < -0.39 is 0 Å². The molecular weight excluding hydrogens is 578 g/mol. The summed E-state index contributed by atoms with van der Waals surface area (Å²) in [5, 5.41) is 1.88. The number of anilines is 2. The number of amides is 1. The molecule has 1 amide bonds. The van der Waals surface area contributed by atoms with E-state index in [2.05, 4.69) is 75.5 Å². The number of benzene rings is 1. The highest BCUT2D eigenvalue weighted by atomic mass is 16.2. The van der Waals surface area contributed by atoms with Crippen molar-refractivity contribution < 1.29 is 4.79 Å². The number of nitrogens with zero attached hydrogens (tertiary/aromatic N) is 9. The Hall–Kier alpha value is -4.13. The smallest absolute Gasteiger partial charge is 0.288 e. The largest absolute Gasteiger partial charge is 0.368 e. The molecule has 0 atom stereocenters. The lowest BCUT2D eigenvalue weighted by molar-refractivity contribution is 0.0936. The lowest BCUT2D eigenvalue weighted by Gasteiger charge is -2.35. The van der Waals surface area contributed by atoms with E-state index in [1.807, 2.05) is 21.7 Å². The van der Waals surface area contributed by atoms with Crippen molar-refractivity contribution in [2.24, 2.45) is 0 Å². The van der Waals surface area contributed by atoms with Crippen LogP contribution in [0.4, 0.5) is 11.8 Å². The topological polar surface area (TPSA) is 125 Å². The quantitative estimate of drug-likeness (QED) is 0.239. The van der Waals surface area contributed by atoms with Crippen LogP contribution in [0, 0.1) is 0 Å². The Bertz CT molecular complexity index is 1610. The zero-order valence-electron chi connectivity index (χ0n) is 27.4. The first kappa shape index (κ1) is 31.8. The average molecular weight is 626 g/mol. The highest BCUT2D eigenvalue weighted by Gasteiger charge is 2.28. The van der Waals surface area contributed by atoms with E-state index in [1.165, 1.54) is 12.0 Å². The number of piperazine rings is 1. The Morgan fingerprint density at radius 3 is 2.48 bits per heavy atom. The van der Waals surface area contributed by atoms with Crippen molar-refractivity contribution in [3.8, 4) is 11.3 Å². The Morgan fingerprint density at radius 1 is 0.978 bits per heavy atom. The summed E-state index contributed by atoms with van der Waals surface area (Å²) in [7, 11) is 6.30. The number of carbonyl (C=O) groups is 1. The summed E-state index contributed by atoms with van der Waals surface area (Å²) < 4.78 is 2.02. The molecule has 1 saturated heterocycles. The second kappa shape index (κ2) is 14.5. The van der Waals surface area contributed by atoms with Crippen LogP contribution < -0.4 is 16.2 Å². The van der Waals surface area contributed by atoms with E-state index in [4.69, 9.17) is 15.7 Å². The third kappa shape index (κ3) is 7.63. The summed E-state index contributed by atoms with van der Waals surface area (Å²) >= 11 is 0. The number of aryl methyl sites for hydroxylation is 1. The minimum absolute atomic E-state index is 0.0603. The fraction of sp³-hybridized carbons (Fsp3) is 0.500. The molecule has 4 heterocycles. The molecule has 1 aromatic carbocycles. The van der Waals surface area contributed by atoms with Crippen LogP contribution in [-0.2, 0) is 13.1 Å². The van der Waals surface area contributed by atoms with Gasteiger partial charge in [-0.1, -0.05) is 49.6 Å². The summed E-state index contributed by atoms with van der Waals surface area (Å²) in [5.74, 6) is 0.388. The molecule has 0 radical (unpaired) electrons. The first-order chi connectivity index (χ1) is 22.3. The van der Waals surface area contributed by atoms with Gasteiger partial charge >= 0.3 is 0 Å². The molecule has 0 bridgehead atoms. The summed E-state index contributed by atoms with van der Waals surface area (Å²) in [5.41, 5.74) is 14.1. The molecule has 0 spiro atoms. The maximum absolute atomic E-state index is 13.9. The normalized spacial score (nSPS) is 16.7. The van der Waals surface area contributed by atoms with Crippen LogP contribution in [0.2, 0.25) is 0 Å². The number of rotatable bonds is 11. The molecule has 2 fully saturated rings. The van der Waals surface area contributed by atoms with Gasteiger partial charge < -0.3 is 20.1 Å².